The first-order valence-electron chi connectivity index (χ1n) is 10.2. The van der Waals surface area contributed by atoms with E-state index in [9.17, 15) is 4.79 Å². The van der Waals surface area contributed by atoms with Gasteiger partial charge in [0.2, 0.25) is 0 Å². The van der Waals surface area contributed by atoms with Gasteiger partial charge in [0.1, 0.15) is 5.75 Å². The smallest absolute Gasteiger partial charge is 0.410 e. The van der Waals surface area contributed by atoms with E-state index in [1.165, 1.54) is 30.4 Å². The molecule has 0 N–H and O–H groups in total. The van der Waals surface area contributed by atoms with E-state index in [1.54, 1.807) is 0 Å². The summed E-state index contributed by atoms with van der Waals surface area (Å²) < 4.78 is 5.86. The molecule has 2 aromatic rings. The maximum atomic E-state index is 13.5. The molecule has 0 aromatic heterocycles. The van der Waals surface area contributed by atoms with Crippen molar-refractivity contribution in [1.82, 2.24) is 0 Å². The summed E-state index contributed by atoms with van der Waals surface area (Å²) in [4.78, 5) is 15.5. The zero-order chi connectivity index (χ0) is 19.0. The van der Waals surface area contributed by atoms with Crippen LogP contribution in [0.1, 0.15) is 68.1 Å². The summed E-state index contributed by atoms with van der Waals surface area (Å²) in [6.45, 7) is 6.60. The third-order valence-corrected chi connectivity index (χ3v) is 6.43. The Hall–Kier alpha value is -2.29. The molecule has 3 heteroatoms. The Bertz CT molecular complexity index is 837. The average molecular weight is 364 g/mol. The summed E-state index contributed by atoms with van der Waals surface area (Å²) in [5.74, 6) is 1.07. The predicted octanol–water partition coefficient (Wildman–Crippen LogP) is 6.52. The first-order chi connectivity index (χ1) is 13.0. The standard InChI is InChI=1S/C24H29NO2/c1-17-12-13-18(2)22-21(17)19(3)16-24(14-8-5-9-15-24)25(22)23(26)27-20-10-6-4-7-11-20/h4,6-7,10-13,19H,5,8-9,14-16H2,1-3H3. The largest absolute Gasteiger partial charge is 0.420 e. The fraction of sp³-hybridized carbons (Fsp3) is 0.458. The molecule has 0 saturated heterocycles. The van der Waals surface area contributed by atoms with Crippen molar-refractivity contribution in [3.63, 3.8) is 0 Å². The Morgan fingerprint density at radius 2 is 1.67 bits per heavy atom. The molecule has 1 saturated carbocycles. The molecule has 1 amide bonds. The first-order valence-corrected chi connectivity index (χ1v) is 10.2. The van der Waals surface area contributed by atoms with Crippen LogP contribution in [-0.2, 0) is 0 Å². The molecule has 1 aliphatic heterocycles. The molecule has 1 spiro atoms. The number of hydrogen-bond donors (Lipinski definition) is 0. The van der Waals surface area contributed by atoms with Crippen LogP contribution >= 0.6 is 0 Å². The monoisotopic (exact) mass is 363 g/mol. The minimum absolute atomic E-state index is 0.116. The van der Waals surface area contributed by atoms with Crippen molar-refractivity contribution in [2.45, 2.75) is 70.8 Å². The molecular formula is C24H29NO2. The van der Waals surface area contributed by atoms with Crippen molar-refractivity contribution in [3.8, 4) is 5.75 Å². The van der Waals surface area contributed by atoms with Gasteiger partial charge in [0, 0.05) is 0 Å². The molecule has 2 aromatic carbocycles. The minimum atomic E-state index is -0.232. The molecular weight excluding hydrogens is 334 g/mol. The molecule has 0 bridgehead atoms. The lowest BCUT2D eigenvalue weighted by molar-refractivity contribution is 0.177. The zero-order valence-electron chi connectivity index (χ0n) is 16.6. The van der Waals surface area contributed by atoms with Crippen LogP contribution in [0.15, 0.2) is 42.5 Å². The molecule has 1 unspecified atom stereocenters. The summed E-state index contributed by atoms with van der Waals surface area (Å²) in [6.07, 6.45) is 6.54. The number of amides is 1. The normalized spacial score (nSPS) is 21.0. The molecule has 0 radical (unpaired) electrons. The van der Waals surface area contributed by atoms with Crippen LogP contribution in [0.2, 0.25) is 0 Å². The maximum Gasteiger partial charge on any atom is 0.420 e. The van der Waals surface area contributed by atoms with Crippen molar-refractivity contribution in [3.05, 3.63) is 59.2 Å². The number of fused-ring (bicyclic) bond motifs is 1. The van der Waals surface area contributed by atoms with Crippen molar-refractivity contribution in [1.29, 1.82) is 0 Å². The second-order valence-corrected chi connectivity index (χ2v) is 8.37. The second-order valence-electron chi connectivity index (χ2n) is 8.37. The minimum Gasteiger partial charge on any atom is -0.410 e. The highest BCUT2D eigenvalue weighted by Gasteiger charge is 2.48. The second kappa shape index (κ2) is 7.03. The Balaban J connectivity index is 1.82. The van der Waals surface area contributed by atoms with Gasteiger partial charge >= 0.3 is 6.09 Å². The Labute approximate surface area is 162 Å². The van der Waals surface area contributed by atoms with Crippen LogP contribution in [-0.4, -0.2) is 11.6 Å². The fourth-order valence-electron chi connectivity index (χ4n) is 5.29. The Kier molecular flexibility index (Phi) is 4.71. The van der Waals surface area contributed by atoms with Gasteiger partial charge in [-0.1, -0.05) is 56.5 Å². The molecule has 2 aliphatic rings. The lowest BCUT2D eigenvalue weighted by Gasteiger charge is -2.52. The number of ether oxygens (including phenoxy) is 1. The van der Waals surface area contributed by atoms with E-state index < -0.39 is 0 Å². The fourth-order valence-corrected chi connectivity index (χ4v) is 5.29. The number of carbonyl (C=O) groups is 1. The quantitative estimate of drug-likeness (QED) is 0.577. The van der Waals surface area contributed by atoms with Crippen LogP contribution in [0.3, 0.4) is 0 Å². The molecule has 142 valence electrons. The van der Waals surface area contributed by atoms with Crippen molar-refractivity contribution in [2.24, 2.45) is 0 Å². The maximum absolute atomic E-state index is 13.5. The van der Waals surface area contributed by atoms with Crippen LogP contribution in [0, 0.1) is 13.8 Å². The summed E-state index contributed by atoms with van der Waals surface area (Å²) in [6, 6.07) is 13.8. The van der Waals surface area contributed by atoms with Gasteiger partial charge in [-0.2, -0.15) is 0 Å². The molecule has 1 heterocycles. The topological polar surface area (TPSA) is 29.5 Å². The molecule has 4 rings (SSSR count). The Morgan fingerprint density at radius 1 is 1.00 bits per heavy atom. The van der Waals surface area contributed by atoms with Gasteiger partial charge < -0.3 is 4.74 Å². The third kappa shape index (κ3) is 3.13. The van der Waals surface area contributed by atoms with Crippen LogP contribution in [0.25, 0.3) is 0 Å². The number of nitrogens with zero attached hydrogens (tertiary/aromatic N) is 1. The van der Waals surface area contributed by atoms with Gasteiger partial charge in [0.25, 0.3) is 0 Å². The van der Waals surface area contributed by atoms with Crippen LogP contribution in [0.5, 0.6) is 5.75 Å². The van der Waals surface area contributed by atoms with Gasteiger partial charge in [-0.15, -0.1) is 0 Å². The number of aryl methyl sites for hydroxylation is 2. The molecule has 3 nitrogen and oxygen atoms in total. The lowest BCUT2D eigenvalue weighted by Crippen LogP contribution is -2.57. The van der Waals surface area contributed by atoms with E-state index in [4.69, 9.17) is 4.74 Å². The number of rotatable bonds is 1. The van der Waals surface area contributed by atoms with Crippen molar-refractivity contribution < 1.29 is 9.53 Å². The van der Waals surface area contributed by atoms with Crippen LogP contribution in [0.4, 0.5) is 10.5 Å². The molecule has 1 fully saturated rings. The summed E-state index contributed by atoms with van der Waals surface area (Å²) in [5, 5.41) is 0. The highest BCUT2D eigenvalue weighted by atomic mass is 16.6. The number of para-hydroxylation sites is 1. The van der Waals surface area contributed by atoms with Crippen LogP contribution < -0.4 is 9.64 Å². The lowest BCUT2D eigenvalue weighted by atomic mass is 9.69. The van der Waals surface area contributed by atoms with E-state index in [2.05, 4.69) is 32.9 Å². The predicted molar refractivity (Wildman–Crippen MR) is 110 cm³/mol. The Morgan fingerprint density at radius 3 is 2.37 bits per heavy atom. The number of anilines is 1. The van der Waals surface area contributed by atoms with E-state index in [-0.39, 0.29) is 11.6 Å². The summed E-state index contributed by atoms with van der Waals surface area (Å²) in [5.41, 5.74) is 4.73. The summed E-state index contributed by atoms with van der Waals surface area (Å²) >= 11 is 0. The van der Waals surface area contributed by atoms with Crippen molar-refractivity contribution >= 4 is 11.8 Å². The molecule has 1 atom stereocenters. The van der Waals surface area contributed by atoms with Gasteiger partial charge in [-0.05, 0) is 67.9 Å². The first kappa shape index (κ1) is 18.1. The average Bonchev–Trinajstić information content (AvgIpc) is 2.66. The van der Waals surface area contributed by atoms with E-state index in [1.807, 2.05) is 35.2 Å². The zero-order valence-corrected chi connectivity index (χ0v) is 16.6. The molecule has 27 heavy (non-hydrogen) atoms. The third-order valence-electron chi connectivity index (χ3n) is 6.43. The highest BCUT2D eigenvalue weighted by Crippen LogP contribution is 2.51. The van der Waals surface area contributed by atoms with Gasteiger partial charge in [0.15, 0.2) is 0 Å². The SMILES string of the molecule is Cc1ccc(C)c2c1C(C)CC1(CCCCC1)N2C(=O)Oc1ccccc1. The van der Waals surface area contributed by atoms with Gasteiger partial charge in [0.05, 0.1) is 11.2 Å². The van der Waals surface area contributed by atoms with Gasteiger partial charge in [-0.3, -0.25) is 4.90 Å². The van der Waals surface area contributed by atoms with E-state index in [0.717, 1.165) is 30.5 Å². The molecule has 1 aliphatic carbocycles. The van der Waals surface area contributed by atoms with E-state index >= 15 is 0 Å². The van der Waals surface area contributed by atoms with Gasteiger partial charge in [-0.25, -0.2) is 4.79 Å². The number of benzene rings is 2. The van der Waals surface area contributed by atoms with Crippen molar-refractivity contribution in [2.75, 3.05) is 4.90 Å². The summed E-state index contributed by atoms with van der Waals surface area (Å²) in [7, 11) is 0. The highest BCUT2D eigenvalue weighted by molar-refractivity contribution is 5.94. The number of carbonyl (C=O) groups excluding carboxylic acids is 1. The number of hydrogen-bond acceptors (Lipinski definition) is 2. The van der Waals surface area contributed by atoms with E-state index in [0.29, 0.717) is 11.7 Å².